The molecule has 32 heavy (non-hydrogen) atoms. The van der Waals surface area contributed by atoms with Crippen molar-refractivity contribution in [1.82, 2.24) is 9.55 Å². The zero-order chi connectivity index (χ0) is 22.5. The summed E-state index contributed by atoms with van der Waals surface area (Å²) in [4.78, 5) is 30.2. The molecule has 4 aromatic rings. The van der Waals surface area contributed by atoms with Gasteiger partial charge < -0.3 is 5.32 Å². The number of carbonyl (C=O) groups excluding carboxylic acids is 1. The molecule has 4 rings (SSSR count). The lowest BCUT2D eigenvalue weighted by Crippen LogP contribution is -2.23. The zero-order valence-electron chi connectivity index (χ0n) is 17.1. The predicted octanol–water partition coefficient (Wildman–Crippen LogP) is 5.63. The summed E-state index contributed by atoms with van der Waals surface area (Å²) in [5.41, 5.74) is 2.99. The summed E-state index contributed by atoms with van der Waals surface area (Å²) in [7, 11) is 0. The number of thioether (sulfide) groups is 1. The number of halogens is 1. The summed E-state index contributed by atoms with van der Waals surface area (Å²) in [6.07, 6.45) is 1.63. The van der Waals surface area contributed by atoms with Crippen molar-refractivity contribution in [2.75, 3.05) is 11.1 Å². The van der Waals surface area contributed by atoms with Crippen molar-refractivity contribution < 1.29 is 4.79 Å². The first-order valence-electron chi connectivity index (χ1n) is 9.95. The lowest BCUT2D eigenvalue weighted by atomic mass is 10.0. The van der Waals surface area contributed by atoms with E-state index in [9.17, 15) is 9.59 Å². The highest BCUT2D eigenvalue weighted by atomic mass is 35.5. The van der Waals surface area contributed by atoms with Gasteiger partial charge in [0.15, 0.2) is 5.16 Å². The summed E-state index contributed by atoms with van der Waals surface area (Å²) < 4.78 is 1.51. The number of hydrogen-bond donors (Lipinski definition) is 1. The quantitative estimate of drug-likeness (QED) is 0.220. The molecule has 1 heterocycles. The van der Waals surface area contributed by atoms with Gasteiger partial charge in [0.25, 0.3) is 5.56 Å². The van der Waals surface area contributed by atoms with Crippen LogP contribution in [-0.2, 0) is 11.3 Å². The highest BCUT2D eigenvalue weighted by Gasteiger charge is 2.14. The van der Waals surface area contributed by atoms with Gasteiger partial charge in [0.05, 0.1) is 16.7 Å². The summed E-state index contributed by atoms with van der Waals surface area (Å²) >= 11 is 7.27. The highest BCUT2D eigenvalue weighted by Crippen LogP contribution is 2.28. The second kappa shape index (κ2) is 9.85. The van der Waals surface area contributed by atoms with Gasteiger partial charge in [0, 0.05) is 22.8 Å². The molecule has 1 amide bonds. The van der Waals surface area contributed by atoms with Crippen LogP contribution in [0.4, 0.5) is 5.69 Å². The molecule has 5 nitrogen and oxygen atoms in total. The molecule has 3 aromatic carbocycles. The van der Waals surface area contributed by atoms with Gasteiger partial charge in [0.1, 0.15) is 0 Å². The second-order valence-electron chi connectivity index (χ2n) is 7.01. The first-order valence-corrected chi connectivity index (χ1v) is 11.3. The van der Waals surface area contributed by atoms with Gasteiger partial charge >= 0.3 is 0 Å². The van der Waals surface area contributed by atoms with Crippen LogP contribution in [0.15, 0.2) is 95.4 Å². The minimum atomic E-state index is -0.191. The van der Waals surface area contributed by atoms with Crippen LogP contribution in [-0.4, -0.2) is 21.2 Å². The maximum atomic E-state index is 12.9. The SMILES string of the molecule is C=CCn1c(SCC(=O)Nc2ccccc2-c2ccccc2)nc2cc(Cl)ccc2c1=O. The van der Waals surface area contributed by atoms with E-state index in [4.69, 9.17) is 11.6 Å². The molecule has 0 aliphatic carbocycles. The Hall–Kier alpha value is -3.35. The Labute approximate surface area is 194 Å². The maximum Gasteiger partial charge on any atom is 0.262 e. The summed E-state index contributed by atoms with van der Waals surface area (Å²) in [5.74, 6) is -0.0948. The van der Waals surface area contributed by atoms with Crippen molar-refractivity contribution in [2.45, 2.75) is 11.7 Å². The minimum Gasteiger partial charge on any atom is -0.325 e. The Morgan fingerprint density at radius 1 is 1.09 bits per heavy atom. The number of para-hydroxylation sites is 1. The van der Waals surface area contributed by atoms with Crippen LogP contribution in [0.5, 0.6) is 0 Å². The van der Waals surface area contributed by atoms with E-state index in [0.717, 1.165) is 16.8 Å². The number of fused-ring (bicyclic) bond motifs is 1. The standard InChI is InChI=1S/C25H20ClN3O2S/c1-2-14-29-24(31)20-13-12-18(26)15-22(20)28-25(29)32-16-23(30)27-21-11-7-6-10-19(21)17-8-4-3-5-9-17/h2-13,15H,1,14,16H2,(H,27,30). The monoisotopic (exact) mass is 461 g/mol. The van der Waals surface area contributed by atoms with Crippen molar-refractivity contribution in [3.63, 3.8) is 0 Å². The molecular weight excluding hydrogens is 442 g/mol. The highest BCUT2D eigenvalue weighted by molar-refractivity contribution is 7.99. The largest absolute Gasteiger partial charge is 0.325 e. The number of benzene rings is 3. The number of hydrogen-bond acceptors (Lipinski definition) is 4. The average Bonchev–Trinajstić information content (AvgIpc) is 2.80. The van der Waals surface area contributed by atoms with Crippen molar-refractivity contribution in [1.29, 1.82) is 0 Å². The third-order valence-corrected chi connectivity index (χ3v) is 6.02. The molecule has 0 aliphatic rings. The number of anilines is 1. The lowest BCUT2D eigenvalue weighted by molar-refractivity contribution is -0.113. The predicted molar refractivity (Wildman–Crippen MR) is 132 cm³/mol. The molecule has 0 radical (unpaired) electrons. The fourth-order valence-corrected chi connectivity index (χ4v) is 4.33. The van der Waals surface area contributed by atoms with Gasteiger partial charge in [0.2, 0.25) is 5.91 Å². The van der Waals surface area contributed by atoms with Gasteiger partial charge in [-0.3, -0.25) is 14.2 Å². The van der Waals surface area contributed by atoms with E-state index in [2.05, 4.69) is 16.9 Å². The van der Waals surface area contributed by atoms with Crippen LogP contribution >= 0.6 is 23.4 Å². The average molecular weight is 462 g/mol. The van der Waals surface area contributed by atoms with Crippen molar-refractivity contribution in [3.05, 3.63) is 101 Å². The van der Waals surface area contributed by atoms with E-state index in [1.807, 2.05) is 54.6 Å². The van der Waals surface area contributed by atoms with Crippen molar-refractivity contribution in [2.24, 2.45) is 0 Å². The Morgan fingerprint density at radius 3 is 2.62 bits per heavy atom. The van der Waals surface area contributed by atoms with Crippen LogP contribution in [0.2, 0.25) is 5.02 Å². The molecule has 0 spiro atoms. The van der Waals surface area contributed by atoms with Crippen LogP contribution < -0.4 is 10.9 Å². The van der Waals surface area contributed by atoms with E-state index in [0.29, 0.717) is 27.6 Å². The molecule has 0 bridgehead atoms. The Kier molecular flexibility index (Phi) is 6.73. The lowest BCUT2D eigenvalue weighted by Gasteiger charge is -2.13. The van der Waals surface area contributed by atoms with Gasteiger partial charge in [-0.25, -0.2) is 4.98 Å². The van der Waals surface area contributed by atoms with Crippen molar-refractivity contribution in [3.8, 4) is 11.1 Å². The van der Waals surface area contributed by atoms with E-state index in [1.165, 1.54) is 16.3 Å². The van der Waals surface area contributed by atoms with Gasteiger partial charge in [-0.15, -0.1) is 6.58 Å². The topological polar surface area (TPSA) is 64.0 Å². The Bertz CT molecular complexity index is 1350. The molecular formula is C25H20ClN3O2S. The van der Waals surface area contributed by atoms with Crippen LogP contribution in [0.1, 0.15) is 0 Å². The number of nitrogens with zero attached hydrogens (tertiary/aromatic N) is 2. The number of carbonyl (C=O) groups is 1. The molecule has 1 aromatic heterocycles. The molecule has 160 valence electrons. The summed E-state index contributed by atoms with van der Waals surface area (Å²) in [5, 5.41) is 4.39. The van der Waals surface area contributed by atoms with Crippen LogP contribution in [0.25, 0.3) is 22.0 Å². The molecule has 1 N–H and O–H groups in total. The fourth-order valence-electron chi connectivity index (χ4n) is 3.35. The van der Waals surface area contributed by atoms with Gasteiger partial charge in [-0.1, -0.05) is 78.0 Å². The maximum absolute atomic E-state index is 12.9. The number of allylic oxidation sites excluding steroid dienone is 1. The molecule has 0 fully saturated rings. The molecule has 7 heteroatoms. The third kappa shape index (κ3) is 4.77. The molecule has 0 saturated heterocycles. The minimum absolute atomic E-state index is 0.0960. The smallest absolute Gasteiger partial charge is 0.262 e. The van der Waals surface area contributed by atoms with E-state index in [1.54, 1.807) is 24.3 Å². The van der Waals surface area contributed by atoms with E-state index in [-0.39, 0.29) is 17.2 Å². The van der Waals surface area contributed by atoms with Crippen molar-refractivity contribution >= 4 is 45.9 Å². The van der Waals surface area contributed by atoms with Gasteiger partial charge in [-0.05, 0) is 29.8 Å². The Morgan fingerprint density at radius 2 is 1.84 bits per heavy atom. The summed E-state index contributed by atoms with van der Waals surface area (Å²) in [6, 6.07) is 22.5. The van der Waals surface area contributed by atoms with Gasteiger partial charge in [-0.2, -0.15) is 0 Å². The first kappa shape index (κ1) is 21.9. The fraction of sp³-hybridized carbons (Fsp3) is 0.0800. The zero-order valence-corrected chi connectivity index (χ0v) is 18.7. The molecule has 0 aliphatic heterocycles. The number of rotatable bonds is 7. The Balaban J connectivity index is 1.57. The molecule has 0 atom stereocenters. The normalized spacial score (nSPS) is 10.8. The number of amides is 1. The number of aromatic nitrogens is 2. The molecule has 0 saturated carbocycles. The first-order chi connectivity index (χ1) is 15.6. The van der Waals surface area contributed by atoms with E-state index >= 15 is 0 Å². The molecule has 0 unspecified atom stereocenters. The second-order valence-corrected chi connectivity index (χ2v) is 8.39. The summed E-state index contributed by atoms with van der Waals surface area (Å²) in [6.45, 7) is 4.02. The number of nitrogens with one attached hydrogen (secondary N) is 1. The van der Waals surface area contributed by atoms with E-state index < -0.39 is 0 Å². The van der Waals surface area contributed by atoms with Crippen LogP contribution in [0, 0.1) is 0 Å². The van der Waals surface area contributed by atoms with Crippen LogP contribution in [0.3, 0.4) is 0 Å². The third-order valence-electron chi connectivity index (χ3n) is 4.81.